The van der Waals surface area contributed by atoms with E-state index in [4.69, 9.17) is 4.42 Å². The normalized spacial score (nSPS) is 12.0. The molecular formula is C17H11F3N2O. The molecule has 0 spiro atoms. The Morgan fingerprint density at radius 2 is 1.52 bits per heavy atom. The van der Waals surface area contributed by atoms with Crippen LogP contribution in [0.1, 0.15) is 17.0 Å². The zero-order valence-electron chi connectivity index (χ0n) is 11.8. The topological polar surface area (TPSA) is 38.9 Å². The van der Waals surface area contributed by atoms with Gasteiger partial charge in [0.05, 0.1) is 5.56 Å². The van der Waals surface area contributed by atoms with Gasteiger partial charge in [-0.25, -0.2) is 0 Å². The fourth-order valence-corrected chi connectivity index (χ4v) is 1.95. The summed E-state index contributed by atoms with van der Waals surface area (Å²) in [5.74, 6) is 0.454. The SMILES string of the molecule is FC(F)(F)c1ccc(-c2nnc(/C=C\c3ccccc3)o2)cc1. The lowest BCUT2D eigenvalue weighted by atomic mass is 10.1. The Hall–Kier alpha value is -2.89. The average molecular weight is 316 g/mol. The third-order valence-electron chi connectivity index (χ3n) is 3.12. The maximum absolute atomic E-state index is 12.5. The summed E-state index contributed by atoms with van der Waals surface area (Å²) in [4.78, 5) is 0. The van der Waals surface area contributed by atoms with Crippen molar-refractivity contribution in [2.45, 2.75) is 6.18 Å². The van der Waals surface area contributed by atoms with Crippen molar-refractivity contribution < 1.29 is 17.6 Å². The summed E-state index contributed by atoms with van der Waals surface area (Å²) in [6.07, 6.45) is -0.906. The third kappa shape index (κ3) is 3.66. The summed E-state index contributed by atoms with van der Waals surface area (Å²) >= 11 is 0. The molecule has 1 aromatic heterocycles. The van der Waals surface area contributed by atoms with Gasteiger partial charge in [-0.2, -0.15) is 13.2 Å². The van der Waals surface area contributed by atoms with Crippen LogP contribution >= 0.6 is 0 Å². The number of halogens is 3. The number of rotatable bonds is 3. The van der Waals surface area contributed by atoms with E-state index >= 15 is 0 Å². The monoisotopic (exact) mass is 316 g/mol. The molecule has 0 bridgehead atoms. The zero-order valence-corrected chi connectivity index (χ0v) is 11.8. The van der Waals surface area contributed by atoms with E-state index < -0.39 is 11.7 Å². The highest BCUT2D eigenvalue weighted by Gasteiger charge is 2.30. The smallest absolute Gasteiger partial charge is 0.416 e. The quantitative estimate of drug-likeness (QED) is 0.688. The molecule has 0 aliphatic heterocycles. The van der Waals surface area contributed by atoms with Crippen molar-refractivity contribution in [3.8, 4) is 11.5 Å². The van der Waals surface area contributed by atoms with E-state index in [2.05, 4.69) is 10.2 Å². The summed E-state index contributed by atoms with van der Waals surface area (Å²) in [6, 6.07) is 14.1. The predicted molar refractivity (Wildman–Crippen MR) is 80.1 cm³/mol. The Morgan fingerprint density at radius 1 is 0.826 bits per heavy atom. The molecule has 0 fully saturated rings. The van der Waals surface area contributed by atoms with Gasteiger partial charge >= 0.3 is 6.18 Å². The lowest BCUT2D eigenvalue weighted by Gasteiger charge is -2.05. The lowest BCUT2D eigenvalue weighted by Crippen LogP contribution is -2.03. The van der Waals surface area contributed by atoms with Crippen LogP contribution in [0.2, 0.25) is 0 Å². The standard InChI is InChI=1S/C17H11F3N2O/c18-17(19,20)14-9-7-13(8-10-14)16-22-21-15(23-16)11-6-12-4-2-1-3-5-12/h1-11H/b11-6-. The van der Waals surface area contributed by atoms with Crippen molar-refractivity contribution in [1.29, 1.82) is 0 Å². The summed E-state index contributed by atoms with van der Waals surface area (Å²) < 4.78 is 43.0. The first-order chi connectivity index (χ1) is 11.0. The van der Waals surface area contributed by atoms with Crippen molar-refractivity contribution in [1.82, 2.24) is 10.2 Å². The summed E-state index contributed by atoms with van der Waals surface area (Å²) in [5.41, 5.74) is 0.691. The molecule has 0 aliphatic carbocycles. The van der Waals surface area contributed by atoms with E-state index in [1.54, 1.807) is 6.08 Å². The Morgan fingerprint density at radius 3 is 2.17 bits per heavy atom. The minimum atomic E-state index is -4.36. The highest BCUT2D eigenvalue weighted by atomic mass is 19.4. The molecule has 1 heterocycles. The fraction of sp³-hybridized carbons (Fsp3) is 0.0588. The first-order valence-corrected chi connectivity index (χ1v) is 6.77. The maximum atomic E-state index is 12.5. The Kier molecular flexibility index (Phi) is 3.97. The van der Waals surface area contributed by atoms with Crippen LogP contribution < -0.4 is 0 Å². The number of alkyl halides is 3. The van der Waals surface area contributed by atoms with Crippen molar-refractivity contribution in [2.75, 3.05) is 0 Å². The molecule has 116 valence electrons. The summed E-state index contributed by atoms with van der Waals surface area (Å²) in [7, 11) is 0. The van der Waals surface area contributed by atoms with Gasteiger partial charge in [0.1, 0.15) is 0 Å². The highest BCUT2D eigenvalue weighted by molar-refractivity contribution is 5.66. The Balaban J connectivity index is 1.78. The van der Waals surface area contributed by atoms with Crippen LogP contribution in [0.4, 0.5) is 13.2 Å². The minimum absolute atomic E-state index is 0.173. The second-order valence-corrected chi connectivity index (χ2v) is 4.76. The van der Waals surface area contributed by atoms with Crippen LogP contribution in [0.5, 0.6) is 0 Å². The van der Waals surface area contributed by atoms with Gasteiger partial charge in [0.2, 0.25) is 11.8 Å². The molecule has 0 saturated heterocycles. The second-order valence-electron chi connectivity index (χ2n) is 4.76. The van der Waals surface area contributed by atoms with Gasteiger partial charge in [-0.3, -0.25) is 0 Å². The average Bonchev–Trinajstić information content (AvgIpc) is 3.02. The minimum Gasteiger partial charge on any atom is -0.417 e. The molecule has 0 radical (unpaired) electrons. The molecule has 0 unspecified atom stereocenters. The fourth-order valence-electron chi connectivity index (χ4n) is 1.95. The van der Waals surface area contributed by atoms with Gasteiger partial charge in [0.15, 0.2) is 0 Å². The second kappa shape index (κ2) is 6.08. The van der Waals surface area contributed by atoms with Crippen LogP contribution in [0.15, 0.2) is 59.0 Å². The van der Waals surface area contributed by atoms with Gasteiger partial charge in [-0.1, -0.05) is 30.3 Å². The molecule has 0 saturated carbocycles. The zero-order chi connectivity index (χ0) is 16.3. The van der Waals surface area contributed by atoms with Gasteiger partial charge in [0.25, 0.3) is 0 Å². The molecule has 0 amide bonds. The van der Waals surface area contributed by atoms with E-state index in [0.29, 0.717) is 5.56 Å². The van der Waals surface area contributed by atoms with E-state index in [9.17, 15) is 13.2 Å². The molecule has 0 N–H and O–H groups in total. The van der Waals surface area contributed by atoms with Crippen LogP contribution in [-0.4, -0.2) is 10.2 Å². The lowest BCUT2D eigenvalue weighted by molar-refractivity contribution is -0.137. The number of nitrogens with zero attached hydrogens (tertiary/aromatic N) is 2. The molecule has 6 heteroatoms. The summed E-state index contributed by atoms with van der Waals surface area (Å²) in [6.45, 7) is 0. The molecule has 23 heavy (non-hydrogen) atoms. The van der Waals surface area contributed by atoms with E-state index in [1.165, 1.54) is 12.1 Å². The number of aromatic nitrogens is 2. The van der Waals surface area contributed by atoms with Crippen molar-refractivity contribution >= 4 is 12.2 Å². The largest absolute Gasteiger partial charge is 0.417 e. The molecule has 3 aromatic rings. The molecule has 0 atom stereocenters. The molecule has 2 aromatic carbocycles. The Bertz CT molecular complexity index is 806. The first-order valence-electron chi connectivity index (χ1n) is 6.77. The number of hydrogen-bond donors (Lipinski definition) is 0. The predicted octanol–water partition coefficient (Wildman–Crippen LogP) is 4.93. The van der Waals surface area contributed by atoms with Crippen molar-refractivity contribution in [3.05, 3.63) is 71.6 Å². The van der Waals surface area contributed by atoms with E-state index in [1.807, 2.05) is 36.4 Å². The van der Waals surface area contributed by atoms with E-state index in [0.717, 1.165) is 17.7 Å². The first kappa shape index (κ1) is 15.0. The molecule has 0 aliphatic rings. The van der Waals surface area contributed by atoms with Gasteiger partial charge in [0, 0.05) is 11.6 Å². The van der Waals surface area contributed by atoms with Crippen LogP contribution in [0.3, 0.4) is 0 Å². The molecule has 3 rings (SSSR count). The number of benzene rings is 2. The maximum Gasteiger partial charge on any atom is 0.416 e. The highest BCUT2D eigenvalue weighted by Crippen LogP contribution is 2.30. The van der Waals surface area contributed by atoms with Crippen molar-refractivity contribution in [2.24, 2.45) is 0 Å². The van der Waals surface area contributed by atoms with Crippen LogP contribution in [0, 0.1) is 0 Å². The molecule has 3 nitrogen and oxygen atoms in total. The van der Waals surface area contributed by atoms with Gasteiger partial charge in [-0.05, 0) is 35.9 Å². The third-order valence-corrected chi connectivity index (χ3v) is 3.12. The summed E-state index contributed by atoms with van der Waals surface area (Å²) in [5, 5.41) is 7.69. The van der Waals surface area contributed by atoms with Crippen molar-refractivity contribution in [3.63, 3.8) is 0 Å². The van der Waals surface area contributed by atoms with Crippen LogP contribution in [-0.2, 0) is 6.18 Å². The van der Waals surface area contributed by atoms with Crippen LogP contribution in [0.25, 0.3) is 23.6 Å². The van der Waals surface area contributed by atoms with Gasteiger partial charge < -0.3 is 4.42 Å². The Labute approximate surface area is 130 Å². The number of hydrogen-bond acceptors (Lipinski definition) is 3. The van der Waals surface area contributed by atoms with E-state index in [-0.39, 0.29) is 11.8 Å². The molecular weight excluding hydrogens is 305 g/mol. The van der Waals surface area contributed by atoms with Gasteiger partial charge in [-0.15, -0.1) is 10.2 Å².